The van der Waals surface area contributed by atoms with E-state index in [1.165, 1.54) is 12.0 Å². The maximum Gasteiger partial charge on any atom is 0.417 e. The zero-order valence-corrected chi connectivity index (χ0v) is 18.7. The van der Waals surface area contributed by atoms with Crippen LogP contribution in [0.1, 0.15) is 43.4 Å². The van der Waals surface area contributed by atoms with E-state index in [1.54, 1.807) is 19.1 Å². The Morgan fingerprint density at radius 2 is 1.81 bits per heavy atom. The van der Waals surface area contributed by atoms with Crippen LogP contribution in [-0.4, -0.2) is 36.6 Å². The molecule has 2 aliphatic rings. The van der Waals surface area contributed by atoms with Crippen molar-refractivity contribution in [1.29, 1.82) is 0 Å². The standard InChI is InChI=1S/C25H24ClNO5/c1-25(23(29)27-21(15-32-24(27)30)17-6-4-3-5-7-17)13-12-19(20(14-25)22(28)31-2)16-8-10-18(26)11-9-16/h3-11,21H,12-15H2,1-2H3/t21?,25-/m0/s1. The van der Waals surface area contributed by atoms with Crippen molar-refractivity contribution in [3.05, 3.63) is 76.3 Å². The molecule has 0 aromatic heterocycles. The zero-order valence-electron chi connectivity index (χ0n) is 18.0. The fourth-order valence-electron chi connectivity index (χ4n) is 4.47. The number of halogens is 1. The molecular weight excluding hydrogens is 430 g/mol. The van der Waals surface area contributed by atoms with Gasteiger partial charge in [-0.2, -0.15) is 0 Å². The highest BCUT2D eigenvalue weighted by Crippen LogP contribution is 2.46. The number of rotatable bonds is 4. The number of ether oxygens (including phenoxy) is 2. The van der Waals surface area contributed by atoms with Crippen molar-refractivity contribution in [1.82, 2.24) is 4.90 Å². The highest BCUT2D eigenvalue weighted by Gasteiger charge is 2.49. The fraction of sp³-hybridized carbons (Fsp3) is 0.320. The summed E-state index contributed by atoms with van der Waals surface area (Å²) < 4.78 is 10.3. The third kappa shape index (κ3) is 4.02. The summed E-state index contributed by atoms with van der Waals surface area (Å²) in [4.78, 5) is 40.1. The molecule has 0 bridgehead atoms. The van der Waals surface area contributed by atoms with Gasteiger partial charge in [0.05, 0.1) is 12.5 Å². The lowest BCUT2D eigenvalue weighted by Crippen LogP contribution is -2.45. The molecule has 6 nitrogen and oxygen atoms in total. The highest BCUT2D eigenvalue weighted by atomic mass is 35.5. The van der Waals surface area contributed by atoms with Crippen LogP contribution in [0, 0.1) is 5.41 Å². The Balaban J connectivity index is 1.68. The van der Waals surface area contributed by atoms with Crippen molar-refractivity contribution in [3.63, 3.8) is 0 Å². The Morgan fingerprint density at radius 3 is 2.47 bits per heavy atom. The van der Waals surface area contributed by atoms with Crippen molar-refractivity contribution < 1.29 is 23.9 Å². The van der Waals surface area contributed by atoms with Crippen LogP contribution in [0.2, 0.25) is 5.02 Å². The molecule has 7 heteroatoms. The minimum absolute atomic E-state index is 0.111. The number of carbonyl (C=O) groups is 3. The highest BCUT2D eigenvalue weighted by molar-refractivity contribution is 6.30. The van der Waals surface area contributed by atoms with Gasteiger partial charge >= 0.3 is 12.1 Å². The van der Waals surface area contributed by atoms with E-state index in [4.69, 9.17) is 21.1 Å². The quantitative estimate of drug-likeness (QED) is 0.596. The average molecular weight is 454 g/mol. The summed E-state index contributed by atoms with van der Waals surface area (Å²) in [5, 5.41) is 0.601. The lowest BCUT2D eigenvalue weighted by Gasteiger charge is -2.37. The van der Waals surface area contributed by atoms with E-state index in [0.29, 0.717) is 23.4 Å². The number of hydrogen-bond donors (Lipinski definition) is 0. The van der Waals surface area contributed by atoms with E-state index in [1.807, 2.05) is 42.5 Å². The van der Waals surface area contributed by atoms with Crippen molar-refractivity contribution in [3.8, 4) is 0 Å². The Kier molecular flexibility index (Phi) is 6.07. The number of methoxy groups -OCH3 is 1. The molecular formula is C25H24ClNO5. The third-order valence-electron chi connectivity index (χ3n) is 6.27. The average Bonchev–Trinajstić information content (AvgIpc) is 3.20. The maximum absolute atomic E-state index is 13.7. The molecule has 166 valence electrons. The first-order chi connectivity index (χ1) is 15.3. The predicted molar refractivity (Wildman–Crippen MR) is 120 cm³/mol. The predicted octanol–water partition coefficient (Wildman–Crippen LogP) is 5.18. The summed E-state index contributed by atoms with van der Waals surface area (Å²) in [6.45, 7) is 1.91. The topological polar surface area (TPSA) is 72.9 Å². The van der Waals surface area contributed by atoms with Gasteiger partial charge in [-0.05, 0) is 48.1 Å². The van der Waals surface area contributed by atoms with Crippen LogP contribution >= 0.6 is 11.6 Å². The van der Waals surface area contributed by atoms with E-state index in [-0.39, 0.29) is 18.9 Å². The molecule has 2 aromatic carbocycles. The molecule has 0 radical (unpaired) electrons. The van der Waals surface area contributed by atoms with Gasteiger partial charge in [-0.1, -0.05) is 61.0 Å². The monoisotopic (exact) mass is 453 g/mol. The molecule has 1 heterocycles. The van der Waals surface area contributed by atoms with Crippen molar-refractivity contribution in [2.75, 3.05) is 13.7 Å². The number of benzene rings is 2. The van der Waals surface area contributed by atoms with Crippen LogP contribution in [0.25, 0.3) is 5.57 Å². The van der Waals surface area contributed by atoms with Crippen molar-refractivity contribution in [2.24, 2.45) is 5.41 Å². The molecule has 1 fully saturated rings. The maximum atomic E-state index is 13.7. The van der Waals surface area contributed by atoms with Crippen molar-refractivity contribution in [2.45, 2.75) is 32.2 Å². The van der Waals surface area contributed by atoms with E-state index in [2.05, 4.69) is 0 Å². The number of amides is 2. The van der Waals surface area contributed by atoms with Gasteiger partial charge in [-0.3, -0.25) is 4.79 Å². The summed E-state index contributed by atoms with van der Waals surface area (Å²) in [6, 6.07) is 16.1. The van der Waals surface area contributed by atoms with Gasteiger partial charge in [0.15, 0.2) is 0 Å². The molecule has 0 N–H and O–H groups in total. The second kappa shape index (κ2) is 8.79. The van der Waals surface area contributed by atoms with Gasteiger partial charge in [-0.25, -0.2) is 14.5 Å². The van der Waals surface area contributed by atoms with Crippen LogP contribution in [-0.2, 0) is 19.1 Å². The third-order valence-corrected chi connectivity index (χ3v) is 6.53. The van der Waals surface area contributed by atoms with E-state index < -0.39 is 23.5 Å². The second-order valence-electron chi connectivity index (χ2n) is 8.37. The molecule has 2 amide bonds. The molecule has 2 atom stereocenters. The Labute approximate surface area is 191 Å². The Hall–Kier alpha value is -3.12. The Morgan fingerprint density at radius 1 is 1.12 bits per heavy atom. The molecule has 32 heavy (non-hydrogen) atoms. The molecule has 0 saturated carbocycles. The van der Waals surface area contributed by atoms with Crippen LogP contribution in [0.4, 0.5) is 4.79 Å². The molecule has 1 aliphatic heterocycles. The molecule has 1 unspecified atom stereocenters. The summed E-state index contributed by atoms with van der Waals surface area (Å²) in [6.07, 6.45) is 0.488. The molecule has 2 aromatic rings. The van der Waals surface area contributed by atoms with E-state index >= 15 is 0 Å². The number of allylic oxidation sites excluding steroid dienone is 1. The molecule has 4 rings (SSSR count). The fourth-order valence-corrected chi connectivity index (χ4v) is 4.59. The van der Waals surface area contributed by atoms with Gasteiger partial charge < -0.3 is 9.47 Å². The van der Waals surface area contributed by atoms with E-state index in [9.17, 15) is 14.4 Å². The normalized spacial score (nSPS) is 23.2. The smallest absolute Gasteiger partial charge is 0.417 e. The van der Waals surface area contributed by atoms with Gasteiger partial charge in [0.2, 0.25) is 5.91 Å². The summed E-state index contributed by atoms with van der Waals surface area (Å²) in [5.41, 5.74) is 2.03. The van der Waals surface area contributed by atoms with Gasteiger partial charge in [-0.15, -0.1) is 0 Å². The Bertz CT molecular complexity index is 1080. The molecule has 1 aliphatic carbocycles. The van der Waals surface area contributed by atoms with Crippen LogP contribution in [0.15, 0.2) is 60.2 Å². The summed E-state index contributed by atoms with van der Waals surface area (Å²) >= 11 is 6.01. The summed E-state index contributed by atoms with van der Waals surface area (Å²) in [7, 11) is 1.33. The first-order valence-corrected chi connectivity index (χ1v) is 10.8. The number of nitrogens with zero attached hydrogens (tertiary/aromatic N) is 1. The second-order valence-corrected chi connectivity index (χ2v) is 8.81. The number of cyclic esters (lactones) is 1. The summed E-state index contributed by atoms with van der Waals surface area (Å²) in [5.74, 6) is -0.817. The van der Waals surface area contributed by atoms with Crippen molar-refractivity contribution >= 4 is 35.1 Å². The minimum Gasteiger partial charge on any atom is -0.466 e. The van der Waals surface area contributed by atoms with Crippen LogP contribution < -0.4 is 0 Å². The van der Waals surface area contributed by atoms with Crippen LogP contribution in [0.3, 0.4) is 0 Å². The largest absolute Gasteiger partial charge is 0.466 e. The van der Waals surface area contributed by atoms with Gasteiger partial charge in [0.1, 0.15) is 12.6 Å². The van der Waals surface area contributed by atoms with Crippen LogP contribution in [0.5, 0.6) is 0 Å². The van der Waals surface area contributed by atoms with Gasteiger partial charge in [0, 0.05) is 10.6 Å². The SMILES string of the molecule is COC(=O)C1=C(c2ccc(Cl)cc2)CC[C@](C)(C(=O)N2C(=O)OCC2c2ccccc2)C1. The zero-order chi connectivity index (χ0) is 22.9. The number of esters is 1. The molecule has 0 spiro atoms. The molecule has 1 saturated heterocycles. The first kappa shape index (κ1) is 22.1. The lowest BCUT2D eigenvalue weighted by atomic mass is 9.70. The van der Waals surface area contributed by atoms with E-state index in [0.717, 1.165) is 16.7 Å². The number of imide groups is 1. The lowest BCUT2D eigenvalue weighted by molar-refractivity contribution is -0.141. The first-order valence-electron chi connectivity index (χ1n) is 10.5. The van der Waals surface area contributed by atoms with Gasteiger partial charge in [0.25, 0.3) is 0 Å². The number of carbonyl (C=O) groups excluding carboxylic acids is 3. The number of hydrogen-bond acceptors (Lipinski definition) is 5. The minimum atomic E-state index is -0.949.